The van der Waals surface area contributed by atoms with Crippen molar-refractivity contribution in [3.63, 3.8) is 0 Å². The van der Waals surface area contributed by atoms with Gasteiger partial charge in [0.15, 0.2) is 0 Å². The molecule has 0 saturated carbocycles. The summed E-state index contributed by atoms with van der Waals surface area (Å²) in [5.41, 5.74) is 5.29. The Morgan fingerprint density at radius 1 is 1.29 bits per heavy atom. The molecule has 6 heteroatoms. The number of halogens is 5. The van der Waals surface area contributed by atoms with Crippen molar-refractivity contribution in [3.8, 4) is 0 Å². The Balaban J connectivity index is 0.00000169. The molecular formula is C8H8BrClF3N. The van der Waals surface area contributed by atoms with E-state index >= 15 is 0 Å². The first kappa shape index (κ1) is 13.7. The third-order valence-electron chi connectivity index (χ3n) is 1.60. The Morgan fingerprint density at radius 3 is 2.21 bits per heavy atom. The summed E-state index contributed by atoms with van der Waals surface area (Å²) in [4.78, 5) is 0. The molecule has 80 valence electrons. The number of rotatable bonds is 1. The van der Waals surface area contributed by atoms with E-state index in [0.29, 0.717) is 10.0 Å². The summed E-state index contributed by atoms with van der Waals surface area (Å²) in [5.74, 6) is 0. The van der Waals surface area contributed by atoms with E-state index < -0.39 is 11.7 Å². The van der Waals surface area contributed by atoms with Crippen molar-refractivity contribution in [2.24, 2.45) is 5.73 Å². The number of hydrogen-bond donors (Lipinski definition) is 1. The predicted octanol–water partition coefficient (Wildman–Crippen LogP) is 3.35. The van der Waals surface area contributed by atoms with Gasteiger partial charge in [-0.2, -0.15) is 13.2 Å². The van der Waals surface area contributed by atoms with Gasteiger partial charge in [0.25, 0.3) is 0 Å². The van der Waals surface area contributed by atoms with E-state index in [-0.39, 0.29) is 19.0 Å². The fraction of sp³-hybridized carbons (Fsp3) is 0.250. The molecule has 1 rings (SSSR count). The lowest BCUT2D eigenvalue weighted by Crippen LogP contribution is -2.06. The second-order valence-corrected chi connectivity index (χ2v) is 3.36. The van der Waals surface area contributed by atoms with Crippen LogP contribution in [0.1, 0.15) is 11.1 Å². The Kier molecular flexibility index (Phi) is 4.91. The quantitative estimate of drug-likeness (QED) is 0.843. The predicted molar refractivity (Wildman–Crippen MR) is 54.3 cm³/mol. The first-order valence-corrected chi connectivity index (χ1v) is 4.30. The second-order valence-electron chi connectivity index (χ2n) is 2.51. The summed E-state index contributed by atoms with van der Waals surface area (Å²) in [6.45, 7) is 0.221. The topological polar surface area (TPSA) is 26.0 Å². The summed E-state index contributed by atoms with van der Waals surface area (Å²) >= 11 is 3.02. The molecule has 0 atom stereocenters. The Morgan fingerprint density at radius 2 is 1.86 bits per heavy atom. The maximum absolute atomic E-state index is 12.2. The molecule has 0 unspecified atom stereocenters. The summed E-state index contributed by atoms with van der Waals surface area (Å²) < 4.78 is 36.8. The van der Waals surface area contributed by atoms with Crippen LogP contribution in [0.5, 0.6) is 0 Å². The van der Waals surface area contributed by atoms with Crippen molar-refractivity contribution < 1.29 is 13.2 Å². The average molecular weight is 291 g/mol. The van der Waals surface area contributed by atoms with E-state index in [1.165, 1.54) is 6.07 Å². The van der Waals surface area contributed by atoms with Crippen LogP contribution in [0.25, 0.3) is 0 Å². The van der Waals surface area contributed by atoms with E-state index in [2.05, 4.69) is 15.9 Å². The van der Waals surface area contributed by atoms with Crippen molar-refractivity contribution in [1.29, 1.82) is 0 Å². The summed E-state index contributed by atoms with van der Waals surface area (Å²) in [6, 6.07) is 3.42. The zero-order valence-corrected chi connectivity index (χ0v) is 9.34. The molecule has 1 aromatic rings. The monoisotopic (exact) mass is 289 g/mol. The van der Waals surface area contributed by atoms with Crippen LogP contribution in [0.2, 0.25) is 0 Å². The van der Waals surface area contributed by atoms with Crippen LogP contribution in [0.4, 0.5) is 13.2 Å². The minimum atomic E-state index is -4.30. The van der Waals surface area contributed by atoms with Gasteiger partial charge in [-0.3, -0.25) is 0 Å². The summed E-state index contributed by atoms with van der Waals surface area (Å²) in [7, 11) is 0. The minimum Gasteiger partial charge on any atom is -0.326 e. The van der Waals surface area contributed by atoms with Gasteiger partial charge in [0.2, 0.25) is 0 Å². The SMILES string of the molecule is Cl.NCc1ccc(C(F)(F)F)cc1Br. The molecule has 0 fully saturated rings. The molecule has 0 radical (unpaired) electrons. The number of nitrogens with two attached hydrogens (primary N) is 1. The standard InChI is InChI=1S/C8H7BrF3N.ClH/c9-7-3-6(8(10,11)12)2-1-5(7)4-13;/h1-3H,4,13H2;1H. The van der Waals surface area contributed by atoms with Gasteiger partial charge in [0.05, 0.1) is 5.56 Å². The molecular weight excluding hydrogens is 282 g/mol. The van der Waals surface area contributed by atoms with Gasteiger partial charge in [0, 0.05) is 11.0 Å². The third kappa shape index (κ3) is 3.15. The molecule has 0 saturated heterocycles. The van der Waals surface area contributed by atoms with Crippen LogP contribution < -0.4 is 5.73 Å². The second kappa shape index (κ2) is 5.00. The highest BCUT2D eigenvalue weighted by molar-refractivity contribution is 9.10. The third-order valence-corrected chi connectivity index (χ3v) is 2.34. The maximum atomic E-state index is 12.2. The lowest BCUT2D eigenvalue weighted by atomic mass is 10.1. The highest BCUT2D eigenvalue weighted by Gasteiger charge is 2.30. The van der Waals surface area contributed by atoms with Gasteiger partial charge < -0.3 is 5.73 Å². The molecule has 0 aliphatic carbocycles. The van der Waals surface area contributed by atoms with Gasteiger partial charge in [-0.25, -0.2) is 0 Å². The van der Waals surface area contributed by atoms with Crippen LogP contribution in [0, 0.1) is 0 Å². The molecule has 0 spiro atoms. The molecule has 1 nitrogen and oxygen atoms in total. The Bertz CT molecular complexity index is 314. The zero-order valence-electron chi connectivity index (χ0n) is 6.94. The first-order chi connectivity index (χ1) is 5.95. The van der Waals surface area contributed by atoms with Gasteiger partial charge in [-0.15, -0.1) is 12.4 Å². The van der Waals surface area contributed by atoms with E-state index in [0.717, 1.165) is 12.1 Å². The fourth-order valence-corrected chi connectivity index (χ4v) is 1.43. The van der Waals surface area contributed by atoms with Gasteiger partial charge >= 0.3 is 6.18 Å². The highest BCUT2D eigenvalue weighted by atomic mass is 79.9. The first-order valence-electron chi connectivity index (χ1n) is 3.51. The molecule has 0 aromatic heterocycles. The van der Waals surface area contributed by atoms with Crippen LogP contribution in [-0.4, -0.2) is 0 Å². The molecule has 0 amide bonds. The van der Waals surface area contributed by atoms with Gasteiger partial charge in [-0.05, 0) is 17.7 Å². The average Bonchev–Trinajstić information content (AvgIpc) is 2.02. The van der Waals surface area contributed by atoms with E-state index in [4.69, 9.17) is 5.73 Å². The lowest BCUT2D eigenvalue weighted by molar-refractivity contribution is -0.137. The smallest absolute Gasteiger partial charge is 0.326 e. The van der Waals surface area contributed by atoms with Crippen molar-refractivity contribution in [2.45, 2.75) is 12.7 Å². The van der Waals surface area contributed by atoms with Gasteiger partial charge in [-0.1, -0.05) is 22.0 Å². The van der Waals surface area contributed by atoms with Gasteiger partial charge in [0.1, 0.15) is 0 Å². The van der Waals surface area contributed by atoms with E-state index in [9.17, 15) is 13.2 Å². The lowest BCUT2D eigenvalue weighted by Gasteiger charge is -2.08. The van der Waals surface area contributed by atoms with Crippen molar-refractivity contribution in [1.82, 2.24) is 0 Å². The molecule has 0 heterocycles. The number of alkyl halides is 3. The van der Waals surface area contributed by atoms with Crippen molar-refractivity contribution >= 4 is 28.3 Å². The maximum Gasteiger partial charge on any atom is 0.416 e. The molecule has 0 aliphatic rings. The molecule has 1 aromatic carbocycles. The van der Waals surface area contributed by atoms with Crippen molar-refractivity contribution in [2.75, 3.05) is 0 Å². The Hall–Kier alpha value is -0.260. The van der Waals surface area contributed by atoms with Crippen LogP contribution >= 0.6 is 28.3 Å². The van der Waals surface area contributed by atoms with Crippen LogP contribution in [0.3, 0.4) is 0 Å². The zero-order chi connectivity index (χ0) is 10.1. The minimum absolute atomic E-state index is 0. The largest absolute Gasteiger partial charge is 0.416 e. The summed E-state index contributed by atoms with van der Waals surface area (Å²) in [6.07, 6.45) is -4.30. The van der Waals surface area contributed by atoms with Crippen LogP contribution in [-0.2, 0) is 12.7 Å². The van der Waals surface area contributed by atoms with E-state index in [1.807, 2.05) is 0 Å². The number of benzene rings is 1. The molecule has 0 bridgehead atoms. The highest BCUT2D eigenvalue weighted by Crippen LogP contribution is 2.31. The molecule has 2 N–H and O–H groups in total. The van der Waals surface area contributed by atoms with Crippen LogP contribution in [0.15, 0.2) is 22.7 Å². The van der Waals surface area contributed by atoms with Crippen molar-refractivity contribution in [3.05, 3.63) is 33.8 Å². The molecule has 0 aliphatic heterocycles. The number of hydrogen-bond acceptors (Lipinski definition) is 1. The van der Waals surface area contributed by atoms with E-state index in [1.54, 1.807) is 0 Å². The molecule has 14 heavy (non-hydrogen) atoms. The Labute approximate surface area is 94.0 Å². The summed E-state index contributed by atoms with van der Waals surface area (Å²) in [5, 5.41) is 0. The fourth-order valence-electron chi connectivity index (χ4n) is 0.889. The normalized spacial score (nSPS) is 10.9.